The van der Waals surface area contributed by atoms with Crippen molar-refractivity contribution in [2.75, 3.05) is 26.2 Å². The first-order valence-corrected chi connectivity index (χ1v) is 7.15. The molecule has 19 heavy (non-hydrogen) atoms. The highest BCUT2D eigenvalue weighted by Gasteiger charge is 2.15. The number of oxazole rings is 1. The van der Waals surface area contributed by atoms with Gasteiger partial charge in [-0.3, -0.25) is 4.90 Å². The molecule has 1 aromatic carbocycles. The van der Waals surface area contributed by atoms with Crippen LogP contribution in [0, 0.1) is 0 Å². The van der Waals surface area contributed by atoms with E-state index in [2.05, 4.69) is 15.2 Å². The molecule has 0 amide bonds. The Bertz CT molecular complexity index is 577. The number of rotatable bonds is 2. The van der Waals surface area contributed by atoms with E-state index in [1.807, 2.05) is 0 Å². The number of nitrogens with one attached hydrogen (secondary N) is 1. The second-order valence-corrected chi connectivity index (χ2v) is 5.57. The van der Waals surface area contributed by atoms with Crippen LogP contribution in [-0.4, -0.2) is 36.1 Å². The molecule has 1 aromatic heterocycles. The SMILES string of the molecule is Clc1cc(Cl)c2oc(CN3CCCNCC3)nc2c1. The number of hydrogen-bond acceptors (Lipinski definition) is 4. The highest BCUT2D eigenvalue weighted by atomic mass is 35.5. The summed E-state index contributed by atoms with van der Waals surface area (Å²) in [6, 6.07) is 3.45. The van der Waals surface area contributed by atoms with Gasteiger partial charge in [-0.1, -0.05) is 23.2 Å². The van der Waals surface area contributed by atoms with E-state index >= 15 is 0 Å². The van der Waals surface area contributed by atoms with E-state index < -0.39 is 0 Å². The van der Waals surface area contributed by atoms with Gasteiger partial charge in [0.2, 0.25) is 5.89 Å². The van der Waals surface area contributed by atoms with E-state index in [0.29, 0.717) is 28.1 Å². The number of nitrogens with zero attached hydrogens (tertiary/aromatic N) is 2. The third-order valence-corrected chi connectivity index (χ3v) is 3.74. The van der Waals surface area contributed by atoms with Crippen LogP contribution in [0.25, 0.3) is 11.1 Å². The Morgan fingerprint density at radius 2 is 2.16 bits per heavy atom. The Balaban J connectivity index is 1.83. The smallest absolute Gasteiger partial charge is 0.209 e. The van der Waals surface area contributed by atoms with Crippen LogP contribution < -0.4 is 5.32 Å². The third kappa shape index (κ3) is 3.03. The zero-order valence-electron chi connectivity index (χ0n) is 10.5. The van der Waals surface area contributed by atoms with Gasteiger partial charge in [-0.2, -0.15) is 0 Å². The molecular weight excluding hydrogens is 285 g/mol. The van der Waals surface area contributed by atoms with Crippen LogP contribution in [0.4, 0.5) is 0 Å². The summed E-state index contributed by atoms with van der Waals surface area (Å²) in [5, 5.41) is 4.47. The minimum Gasteiger partial charge on any atom is -0.438 e. The second kappa shape index (κ2) is 5.67. The van der Waals surface area contributed by atoms with E-state index in [1.54, 1.807) is 12.1 Å². The first-order valence-electron chi connectivity index (χ1n) is 6.40. The molecule has 1 aliphatic rings. The Morgan fingerprint density at radius 3 is 3.05 bits per heavy atom. The molecule has 3 rings (SSSR count). The minimum absolute atomic E-state index is 0.513. The lowest BCUT2D eigenvalue weighted by Crippen LogP contribution is -2.27. The van der Waals surface area contributed by atoms with Gasteiger partial charge >= 0.3 is 0 Å². The Kier molecular flexibility index (Phi) is 3.93. The van der Waals surface area contributed by atoms with E-state index in [-0.39, 0.29) is 0 Å². The van der Waals surface area contributed by atoms with Crippen molar-refractivity contribution in [3.05, 3.63) is 28.1 Å². The Labute approximate surface area is 121 Å². The van der Waals surface area contributed by atoms with Gasteiger partial charge in [-0.25, -0.2) is 4.98 Å². The maximum absolute atomic E-state index is 6.10. The molecule has 1 saturated heterocycles. The number of aromatic nitrogens is 1. The summed E-state index contributed by atoms with van der Waals surface area (Å²) in [6.07, 6.45) is 1.15. The molecule has 1 fully saturated rings. The van der Waals surface area contributed by atoms with Gasteiger partial charge in [0, 0.05) is 18.1 Å². The zero-order chi connectivity index (χ0) is 13.2. The second-order valence-electron chi connectivity index (χ2n) is 4.72. The molecule has 1 N–H and O–H groups in total. The van der Waals surface area contributed by atoms with Crippen LogP contribution in [-0.2, 0) is 6.54 Å². The summed E-state index contributed by atoms with van der Waals surface area (Å²) >= 11 is 12.1. The molecule has 6 heteroatoms. The topological polar surface area (TPSA) is 41.3 Å². The summed E-state index contributed by atoms with van der Waals surface area (Å²) in [5.74, 6) is 0.695. The van der Waals surface area contributed by atoms with Gasteiger partial charge in [0.25, 0.3) is 0 Å². The number of hydrogen-bond donors (Lipinski definition) is 1. The normalized spacial score (nSPS) is 17.8. The fourth-order valence-electron chi connectivity index (χ4n) is 2.32. The molecule has 4 nitrogen and oxygen atoms in total. The molecular formula is C13H15Cl2N3O. The maximum Gasteiger partial charge on any atom is 0.209 e. The first kappa shape index (κ1) is 13.2. The van der Waals surface area contributed by atoms with Gasteiger partial charge in [0.15, 0.2) is 5.58 Å². The van der Waals surface area contributed by atoms with E-state index in [9.17, 15) is 0 Å². The largest absolute Gasteiger partial charge is 0.438 e. The van der Waals surface area contributed by atoms with Crippen LogP contribution >= 0.6 is 23.2 Å². The molecule has 0 saturated carbocycles. The van der Waals surface area contributed by atoms with Crippen molar-refractivity contribution in [1.29, 1.82) is 0 Å². The van der Waals surface area contributed by atoms with Crippen molar-refractivity contribution in [3.63, 3.8) is 0 Å². The predicted octanol–water partition coefficient (Wildman–Crippen LogP) is 2.93. The van der Waals surface area contributed by atoms with Crippen molar-refractivity contribution >= 4 is 34.3 Å². The van der Waals surface area contributed by atoms with Gasteiger partial charge < -0.3 is 9.73 Å². The molecule has 0 spiro atoms. The quantitative estimate of drug-likeness (QED) is 0.926. The van der Waals surface area contributed by atoms with Crippen LogP contribution in [0.1, 0.15) is 12.3 Å². The summed E-state index contributed by atoms with van der Waals surface area (Å²) in [7, 11) is 0. The van der Waals surface area contributed by atoms with E-state index in [4.69, 9.17) is 27.6 Å². The zero-order valence-corrected chi connectivity index (χ0v) is 12.0. The lowest BCUT2D eigenvalue weighted by molar-refractivity contribution is 0.257. The summed E-state index contributed by atoms with van der Waals surface area (Å²) in [5.41, 5.74) is 1.34. The standard InChI is InChI=1S/C13H15Cl2N3O/c14-9-6-10(15)13-11(7-9)17-12(19-13)8-18-4-1-2-16-3-5-18/h6-7,16H,1-5,8H2. The van der Waals surface area contributed by atoms with Gasteiger partial charge in [-0.15, -0.1) is 0 Å². The Hall–Kier alpha value is -0.810. The fraction of sp³-hybridized carbons (Fsp3) is 0.462. The van der Waals surface area contributed by atoms with Crippen LogP contribution in [0.5, 0.6) is 0 Å². The maximum atomic E-state index is 6.10. The highest BCUT2D eigenvalue weighted by molar-refractivity contribution is 6.37. The van der Waals surface area contributed by atoms with Crippen LogP contribution in [0.3, 0.4) is 0 Å². The molecule has 102 valence electrons. The molecule has 2 aromatic rings. The summed E-state index contributed by atoms with van der Waals surface area (Å²) in [6.45, 7) is 4.86. The van der Waals surface area contributed by atoms with E-state index in [0.717, 1.165) is 38.1 Å². The Morgan fingerprint density at radius 1 is 1.26 bits per heavy atom. The summed E-state index contributed by atoms with van der Waals surface area (Å²) < 4.78 is 5.73. The van der Waals surface area contributed by atoms with Crippen molar-refractivity contribution in [2.45, 2.75) is 13.0 Å². The number of fused-ring (bicyclic) bond motifs is 1. The van der Waals surface area contributed by atoms with Gasteiger partial charge in [0.1, 0.15) is 5.52 Å². The lowest BCUT2D eigenvalue weighted by Gasteiger charge is -2.16. The highest BCUT2D eigenvalue weighted by Crippen LogP contribution is 2.28. The molecule has 0 radical (unpaired) electrons. The van der Waals surface area contributed by atoms with Crippen molar-refractivity contribution in [2.24, 2.45) is 0 Å². The molecule has 0 unspecified atom stereocenters. The number of benzene rings is 1. The van der Waals surface area contributed by atoms with E-state index in [1.165, 1.54) is 0 Å². The lowest BCUT2D eigenvalue weighted by atomic mass is 10.3. The minimum atomic E-state index is 0.513. The van der Waals surface area contributed by atoms with Gasteiger partial charge in [0.05, 0.1) is 11.6 Å². The molecule has 1 aliphatic heterocycles. The fourth-order valence-corrected chi connectivity index (χ4v) is 2.85. The monoisotopic (exact) mass is 299 g/mol. The average molecular weight is 300 g/mol. The molecule has 2 heterocycles. The van der Waals surface area contributed by atoms with Crippen molar-refractivity contribution in [3.8, 4) is 0 Å². The van der Waals surface area contributed by atoms with Crippen LogP contribution in [0.2, 0.25) is 10.0 Å². The number of halogens is 2. The van der Waals surface area contributed by atoms with Crippen molar-refractivity contribution in [1.82, 2.24) is 15.2 Å². The summed E-state index contributed by atoms with van der Waals surface area (Å²) in [4.78, 5) is 6.80. The van der Waals surface area contributed by atoms with Crippen molar-refractivity contribution < 1.29 is 4.42 Å². The molecule has 0 aliphatic carbocycles. The predicted molar refractivity (Wildman–Crippen MR) is 76.8 cm³/mol. The molecule has 0 bridgehead atoms. The third-order valence-electron chi connectivity index (χ3n) is 3.25. The van der Waals surface area contributed by atoms with Crippen LogP contribution in [0.15, 0.2) is 16.5 Å². The molecule has 0 atom stereocenters. The van der Waals surface area contributed by atoms with Gasteiger partial charge in [-0.05, 0) is 31.6 Å². The first-order chi connectivity index (χ1) is 9.22. The average Bonchev–Trinajstić information content (AvgIpc) is 2.58.